The summed E-state index contributed by atoms with van der Waals surface area (Å²) in [4.78, 5) is 24.2. The number of methoxy groups -OCH3 is 1. The molecular formula is C26H34N2O4. The number of rotatable bonds is 13. The Kier molecular flexibility index (Phi) is 10.5. The number of ketones is 1. The van der Waals surface area contributed by atoms with Crippen LogP contribution in [0.15, 0.2) is 72.6 Å². The molecule has 0 saturated heterocycles. The summed E-state index contributed by atoms with van der Waals surface area (Å²) in [6.45, 7) is 1.95. The lowest BCUT2D eigenvalue weighted by atomic mass is 9.84. The molecule has 32 heavy (non-hydrogen) atoms. The van der Waals surface area contributed by atoms with Gasteiger partial charge in [-0.3, -0.25) is 9.59 Å². The Morgan fingerprint density at radius 2 is 1.56 bits per heavy atom. The third-order valence-corrected chi connectivity index (χ3v) is 5.53. The van der Waals surface area contributed by atoms with E-state index in [1.165, 1.54) is 24.3 Å². The van der Waals surface area contributed by atoms with Gasteiger partial charge in [0.1, 0.15) is 5.92 Å². The van der Waals surface area contributed by atoms with Crippen molar-refractivity contribution in [2.45, 2.75) is 38.2 Å². The highest BCUT2D eigenvalue weighted by molar-refractivity contribution is 6.08. The number of aliphatic hydroxyl groups is 1. The van der Waals surface area contributed by atoms with Crippen LogP contribution in [0.3, 0.4) is 0 Å². The molecule has 0 bridgehead atoms. The molecule has 0 aliphatic rings. The Morgan fingerprint density at radius 1 is 1.00 bits per heavy atom. The standard InChI is InChI=1S/C26H34N2O4/c1-19(25(30)22(29)18-27-2)26(31)28-17-11-10-16-23(32-3)24(20-12-6-4-7-13-20)21-14-8-5-9-15-21/h4-9,12-15,18-19,23-24,27,29H,10-11,16-17H2,1-3H3,(H,28,31)/b22-18+/t19?,23-/m0/s1. The van der Waals surface area contributed by atoms with Gasteiger partial charge in [-0.05, 0) is 37.3 Å². The monoisotopic (exact) mass is 438 g/mol. The van der Waals surface area contributed by atoms with Crippen LogP contribution in [0.5, 0.6) is 0 Å². The molecule has 2 aromatic rings. The second-order valence-corrected chi connectivity index (χ2v) is 7.76. The van der Waals surface area contributed by atoms with E-state index >= 15 is 0 Å². The summed E-state index contributed by atoms with van der Waals surface area (Å²) < 4.78 is 5.90. The van der Waals surface area contributed by atoms with Crippen LogP contribution in [-0.2, 0) is 14.3 Å². The van der Waals surface area contributed by atoms with Crippen molar-refractivity contribution in [1.82, 2.24) is 10.6 Å². The zero-order valence-corrected chi connectivity index (χ0v) is 19.1. The van der Waals surface area contributed by atoms with Crippen molar-refractivity contribution in [2.24, 2.45) is 5.92 Å². The lowest BCUT2D eigenvalue weighted by Gasteiger charge is -2.27. The maximum atomic E-state index is 12.2. The number of nitrogens with one attached hydrogen (secondary N) is 2. The van der Waals surface area contributed by atoms with Crippen LogP contribution in [0.2, 0.25) is 0 Å². The maximum Gasteiger partial charge on any atom is 0.230 e. The molecule has 6 heteroatoms. The summed E-state index contributed by atoms with van der Waals surface area (Å²) in [6.07, 6.45) is 3.64. The molecule has 0 heterocycles. The van der Waals surface area contributed by atoms with Gasteiger partial charge in [-0.15, -0.1) is 0 Å². The van der Waals surface area contributed by atoms with Gasteiger partial charge in [-0.25, -0.2) is 0 Å². The van der Waals surface area contributed by atoms with Crippen LogP contribution in [0.1, 0.15) is 43.2 Å². The van der Waals surface area contributed by atoms with Crippen molar-refractivity contribution in [1.29, 1.82) is 0 Å². The Hall–Kier alpha value is -3.12. The SMILES string of the molecule is CN/C=C(/O)C(=O)C(C)C(=O)NCCCC[C@H](OC)C(c1ccccc1)c1ccccc1. The quantitative estimate of drug-likeness (QED) is 0.191. The second kappa shape index (κ2) is 13.3. The topological polar surface area (TPSA) is 87.7 Å². The first-order chi connectivity index (χ1) is 15.5. The minimum Gasteiger partial charge on any atom is -0.503 e. The van der Waals surface area contributed by atoms with E-state index in [0.29, 0.717) is 6.54 Å². The number of carbonyl (C=O) groups is 2. The van der Waals surface area contributed by atoms with Gasteiger partial charge in [-0.2, -0.15) is 0 Å². The number of unbranched alkanes of at least 4 members (excludes halogenated alkanes) is 1. The number of Topliss-reactive ketones (excluding diaryl/α,β-unsaturated/α-hetero) is 1. The van der Waals surface area contributed by atoms with E-state index in [-0.39, 0.29) is 17.9 Å². The summed E-state index contributed by atoms with van der Waals surface area (Å²) >= 11 is 0. The van der Waals surface area contributed by atoms with Crippen LogP contribution >= 0.6 is 0 Å². The largest absolute Gasteiger partial charge is 0.503 e. The minimum absolute atomic E-state index is 0.000342. The first-order valence-electron chi connectivity index (χ1n) is 11.0. The highest BCUT2D eigenvalue weighted by atomic mass is 16.5. The molecule has 172 valence electrons. The molecule has 2 rings (SSSR count). The minimum atomic E-state index is -0.938. The molecule has 0 saturated carbocycles. The Balaban J connectivity index is 1.90. The smallest absolute Gasteiger partial charge is 0.230 e. The Morgan fingerprint density at radius 3 is 2.06 bits per heavy atom. The van der Waals surface area contributed by atoms with E-state index in [2.05, 4.69) is 34.9 Å². The fourth-order valence-corrected chi connectivity index (χ4v) is 3.75. The van der Waals surface area contributed by atoms with E-state index in [0.717, 1.165) is 19.3 Å². The van der Waals surface area contributed by atoms with Crippen molar-refractivity contribution >= 4 is 11.7 Å². The van der Waals surface area contributed by atoms with Gasteiger partial charge >= 0.3 is 0 Å². The fraction of sp³-hybridized carbons (Fsp3) is 0.385. The highest BCUT2D eigenvalue weighted by Crippen LogP contribution is 2.32. The zero-order valence-electron chi connectivity index (χ0n) is 19.1. The van der Waals surface area contributed by atoms with E-state index in [1.54, 1.807) is 14.2 Å². The molecular weight excluding hydrogens is 404 g/mol. The van der Waals surface area contributed by atoms with Gasteiger partial charge in [0.2, 0.25) is 11.7 Å². The summed E-state index contributed by atoms with van der Waals surface area (Å²) in [5, 5.41) is 15.0. The number of hydrogen-bond acceptors (Lipinski definition) is 5. The summed E-state index contributed by atoms with van der Waals surface area (Å²) in [7, 11) is 3.31. The second-order valence-electron chi connectivity index (χ2n) is 7.76. The van der Waals surface area contributed by atoms with Crippen LogP contribution < -0.4 is 10.6 Å². The average molecular weight is 439 g/mol. The van der Waals surface area contributed by atoms with Crippen molar-refractivity contribution in [2.75, 3.05) is 20.7 Å². The van der Waals surface area contributed by atoms with E-state index in [4.69, 9.17) is 4.74 Å². The lowest BCUT2D eigenvalue weighted by molar-refractivity contribution is -0.132. The number of ether oxygens (including phenoxy) is 1. The average Bonchev–Trinajstić information content (AvgIpc) is 2.83. The lowest BCUT2D eigenvalue weighted by Crippen LogP contribution is -2.35. The number of allylic oxidation sites excluding steroid dienone is 1. The normalized spacial score (nSPS) is 13.4. The van der Waals surface area contributed by atoms with E-state index < -0.39 is 17.5 Å². The third kappa shape index (κ3) is 7.24. The van der Waals surface area contributed by atoms with Crippen molar-refractivity contribution in [3.63, 3.8) is 0 Å². The predicted octanol–water partition coefficient (Wildman–Crippen LogP) is 3.94. The first-order valence-corrected chi connectivity index (χ1v) is 11.0. The first kappa shape index (κ1) is 25.1. The number of carbonyl (C=O) groups excluding carboxylic acids is 2. The molecule has 0 radical (unpaired) electrons. The molecule has 0 fully saturated rings. The van der Waals surface area contributed by atoms with Crippen LogP contribution in [0.4, 0.5) is 0 Å². The third-order valence-electron chi connectivity index (χ3n) is 5.53. The molecule has 0 aliphatic carbocycles. The zero-order chi connectivity index (χ0) is 23.3. The van der Waals surface area contributed by atoms with Gasteiger partial charge < -0.3 is 20.5 Å². The molecule has 1 unspecified atom stereocenters. The molecule has 0 aliphatic heterocycles. The number of benzene rings is 2. The Labute approximate surface area is 190 Å². The Bertz CT molecular complexity index is 828. The summed E-state index contributed by atoms with van der Waals surface area (Å²) in [5.41, 5.74) is 2.42. The number of aliphatic hydroxyl groups excluding tert-OH is 1. The van der Waals surface area contributed by atoms with Crippen molar-refractivity contribution < 1.29 is 19.4 Å². The van der Waals surface area contributed by atoms with E-state index in [9.17, 15) is 14.7 Å². The van der Waals surface area contributed by atoms with Gasteiger partial charge in [-0.1, -0.05) is 60.7 Å². The van der Waals surface area contributed by atoms with E-state index in [1.807, 2.05) is 36.4 Å². The van der Waals surface area contributed by atoms with Crippen LogP contribution in [0, 0.1) is 5.92 Å². The van der Waals surface area contributed by atoms with Gasteiger partial charge in [0.15, 0.2) is 5.76 Å². The number of amides is 1. The predicted molar refractivity (Wildman–Crippen MR) is 126 cm³/mol. The van der Waals surface area contributed by atoms with Gasteiger partial charge in [0.25, 0.3) is 0 Å². The van der Waals surface area contributed by atoms with Gasteiger partial charge in [0.05, 0.1) is 6.10 Å². The molecule has 0 aromatic heterocycles. The summed E-state index contributed by atoms with van der Waals surface area (Å²) in [6, 6.07) is 20.7. The van der Waals surface area contributed by atoms with Crippen LogP contribution in [0.25, 0.3) is 0 Å². The fourth-order valence-electron chi connectivity index (χ4n) is 3.75. The van der Waals surface area contributed by atoms with Crippen LogP contribution in [-0.4, -0.2) is 43.6 Å². The van der Waals surface area contributed by atoms with Gasteiger partial charge in [0, 0.05) is 32.8 Å². The maximum absolute atomic E-state index is 12.2. The molecule has 6 nitrogen and oxygen atoms in total. The number of hydrogen-bond donors (Lipinski definition) is 3. The molecule has 1 amide bonds. The van der Waals surface area contributed by atoms with Crippen molar-refractivity contribution in [3.05, 3.63) is 83.7 Å². The highest BCUT2D eigenvalue weighted by Gasteiger charge is 2.25. The summed E-state index contributed by atoms with van der Waals surface area (Å²) in [5.74, 6) is -2.26. The molecule has 2 aromatic carbocycles. The molecule has 2 atom stereocenters. The molecule has 3 N–H and O–H groups in total. The van der Waals surface area contributed by atoms with Crippen molar-refractivity contribution in [3.8, 4) is 0 Å². The molecule has 0 spiro atoms.